The topological polar surface area (TPSA) is 44.8 Å². The summed E-state index contributed by atoms with van der Waals surface area (Å²) in [6.45, 7) is 6.95. The van der Waals surface area contributed by atoms with Gasteiger partial charge in [-0.05, 0) is 37.9 Å². The minimum Gasteiger partial charge on any atom is -0.489 e. The monoisotopic (exact) mass is 393 g/mol. The third-order valence-electron chi connectivity index (χ3n) is 5.70. The van der Waals surface area contributed by atoms with E-state index in [0.717, 1.165) is 56.9 Å². The van der Waals surface area contributed by atoms with Gasteiger partial charge in [-0.15, -0.1) is 0 Å². The van der Waals surface area contributed by atoms with Crippen molar-refractivity contribution in [3.63, 3.8) is 0 Å². The van der Waals surface area contributed by atoms with Crippen molar-refractivity contribution in [3.05, 3.63) is 65.7 Å². The quantitative estimate of drug-likeness (QED) is 0.848. The lowest BCUT2D eigenvalue weighted by Crippen LogP contribution is -2.50. The van der Waals surface area contributed by atoms with Crippen LogP contribution in [0.3, 0.4) is 0 Å². The summed E-state index contributed by atoms with van der Waals surface area (Å²) in [5.74, 6) is 1.05. The van der Waals surface area contributed by atoms with E-state index in [0.29, 0.717) is 6.54 Å². The molecule has 1 fully saturated rings. The van der Waals surface area contributed by atoms with E-state index in [1.807, 2.05) is 18.2 Å². The molecule has 0 saturated carbocycles. The fourth-order valence-electron chi connectivity index (χ4n) is 4.43. The van der Waals surface area contributed by atoms with Crippen molar-refractivity contribution in [2.24, 2.45) is 0 Å². The maximum absolute atomic E-state index is 12.8. The SMILES string of the molecule is C[C@H]1CN(CC(=O)N[C@H]2CCCN(Cc3ccccc3)C2)Cc2ccccc2O1. The molecule has 0 radical (unpaired) electrons. The van der Waals surface area contributed by atoms with Crippen LogP contribution in [0, 0.1) is 0 Å². The molecular weight excluding hydrogens is 362 g/mol. The summed E-state index contributed by atoms with van der Waals surface area (Å²) in [6.07, 6.45) is 2.25. The van der Waals surface area contributed by atoms with Crippen molar-refractivity contribution in [3.8, 4) is 5.75 Å². The Labute approximate surface area is 173 Å². The van der Waals surface area contributed by atoms with Gasteiger partial charge in [0.1, 0.15) is 11.9 Å². The molecule has 0 aromatic heterocycles. The van der Waals surface area contributed by atoms with E-state index in [9.17, 15) is 4.79 Å². The number of hydrogen-bond acceptors (Lipinski definition) is 4. The maximum atomic E-state index is 12.8. The molecule has 2 heterocycles. The average molecular weight is 394 g/mol. The van der Waals surface area contributed by atoms with Crippen LogP contribution in [0.25, 0.3) is 0 Å². The fourth-order valence-corrected chi connectivity index (χ4v) is 4.43. The predicted octanol–water partition coefficient (Wildman–Crippen LogP) is 3.05. The highest BCUT2D eigenvalue weighted by molar-refractivity contribution is 5.78. The number of likely N-dealkylation sites (tertiary alicyclic amines) is 1. The largest absolute Gasteiger partial charge is 0.489 e. The van der Waals surface area contributed by atoms with Gasteiger partial charge in [-0.3, -0.25) is 14.6 Å². The summed E-state index contributed by atoms with van der Waals surface area (Å²) >= 11 is 0. The van der Waals surface area contributed by atoms with E-state index in [4.69, 9.17) is 4.74 Å². The Morgan fingerprint density at radius 1 is 1.07 bits per heavy atom. The molecule has 29 heavy (non-hydrogen) atoms. The van der Waals surface area contributed by atoms with Crippen LogP contribution in [0.1, 0.15) is 30.9 Å². The molecule has 5 heteroatoms. The summed E-state index contributed by atoms with van der Waals surface area (Å²) in [4.78, 5) is 17.4. The number of rotatable bonds is 5. The Bertz CT molecular complexity index is 811. The van der Waals surface area contributed by atoms with Gasteiger partial charge in [0.25, 0.3) is 0 Å². The summed E-state index contributed by atoms with van der Waals surface area (Å²) in [5, 5.41) is 3.28. The first-order valence-corrected chi connectivity index (χ1v) is 10.7. The number of piperidine rings is 1. The molecule has 2 aromatic rings. The Hall–Kier alpha value is -2.37. The van der Waals surface area contributed by atoms with Gasteiger partial charge < -0.3 is 10.1 Å². The van der Waals surface area contributed by atoms with Crippen LogP contribution >= 0.6 is 0 Å². The van der Waals surface area contributed by atoms with E-state index >= 15 is 0 Å². The Balaban J connectivity index is 1.30. The van der Waals surface area contributed by atoms with E-state index in [-0.39, 0.29) is 18.1 Å². The van der Waals surface area contributed by atoms with Crippen LogP contribution in [-0.2, 0) is 17.9 Å². The van der Waals surface area contributed by atoms with Crippen molar-refractivity contribution in [1.29, 1.82) is 0 Å². The van der Waals surface area contributed by atoms with Crippen LogP contribution < -0.4 is 10.1 Å². The van der Waals surface area contributed by atoms with Crippen molar-refractivity contribution in [2.45, 2.75) is 45.0 Å². The molecular formula is C24H31N3O2. The normalized spacial score (nSPS) is 22.9. The molecule has 1 amide bonds. The zero-order chi connectivity index (χ0) is 20.1. The number of nitrogens with one attached hydrogen (secondary N) is 1. The van der Waals surface area contributed by atoms with E-state index in [1.54, 1.807) is 0 Å². The van der Waals surface area contributed by atoms with E-state index in [2.05, 4.69) is 58.4 Å². The zero-order valence-electron chi connectivity index (χ0n) is 17.2. The lowest BCUT2D eigenvalue weighted by atomic mass is 10.0. The van der Waals surface area contributed by atoms with Crippen LogP contribution in [-0.4, -0.2) is 54.0 Å². The second-order valence-corrected chi connectivity index (χ2v) is 8.33. The standard InChI is InChI=1S/C24H31N3O2/c1-19-14-27(16-21-10-5-6-12-23(21)29-19)18-24(28)25-22-11-7-13-26(17-22)15-20-8-3-2-4-9-20/h2-6,8-10,12,19,22H,7,11,13-18H2,1H3,(H,25,28)/t19-,22-/m0/s1. The molecule has 154 valence electrons. The molecule has 2 aromatic carbocycles. The number of ether oxygens (including phenoxy) is 1. The highest BCUT2D eigenvalue weighted by Gasteiger charge is 2.25. The molecule has 4 rings (SSSR count). The molecule has 0 spiro atoms. The minimum absolute atomic E-state index is 0.0718. The maximum Gasteiger partial charge on any atom is 0.234 e. The summed E-state index contributed by atoms with van der Waals surface area (Å²) in [7, 11) is 0. The predicted molar refractivity (Wildman–Crippen MR) is 115 cm³/mol. The van der Waals surface area contributed by atoms with Gasteiger partial charge >= 0.3 is 0 Å². The molecule has 0 unspecified atom stereocenters. The molecule has 2 aliphatic rings. The zero-order valence-corrected chi connectivity index (χ0v) is 17.2. The van der Waals surface area contributed by atoms with Crippen molar-refractivity contribution in [2.75, 3.05) is 26.2 Å². The number of amides is 1. The molecule has 2 atom stereocenters. The van der Waals surface area contributed by atoms with Gasteiger partial charge in [0.15, 0.2) is 0 Å². The summed E-state index contributed by atoms with van der Waals surface area (Å²) in [5.41, 5.74) is 2.48. The first-order valence-electron chi connectivity index (χ1n) is 10.7. The van der Waals surface area contributed by atoms with Gasteiger partial charge in [-0.25, -0.2) is 0 Å². The lowest BCUT2D eigenvalue weighted by molar-refractivity contribution is -0.123. The van der Waals surface area contributed by atoms with Crippen LogP contribution in [0.2, 0.25) is 0 Å². The smallest absolute Gasteiger partial charge is 0.234 e. The van der Waals surface area contributed by atoms with Gasteiger partial charge in [0, 0.05) is 37.8 Å². The Kier molecular flexibility index (Phi) is 6.47. The molecule has 5 nitrogen and oxygen atoms in total. The minimum atomic E-state index is 0.0718. The van der Waals surface area contributed by atoms with Gasteiger partial charge in [-0.2, -0.15) is 0 Å². The number of carbonyl (C=O) groups excluding carboxylic acids is 1. The lowest BCUT2D eigenvalue weighted by Gasteiger charge is -2.33. The summed E-state index contributed by atoms with van der Waals surface area (Å²) in [6, 6.07) is 18.9. The van der Waals surface area contributed by atoms with Gasteiger partial charge in [-0.1, -0.05) is 48.5 Å². The number of carbonyl (C=O) groups is 1. The third-order valence-corrected chi connectivity index (χ3v) is 5.70. The second-order valence-electron chi connectivity index (χ2n) is 8.33. The van der Waals surface area contributed by atoms with Crippen molar-refractivity contribution < 1.29 is 9.53 Å². The number of benzene rings is 2. The van der Waals surface area contributed by atoms with Crippen molar-refractivity contribution in [1.82, 2.24) is 15.1 Å². The molecule has 2 aliphatic heterocycles. The first kappa shape index (κ1) is 19.9. The third kappa shape index (κ3) is 5.58. The van der Waals surface area contributed by atoms with Crippen LogP contribution in [0.15, 0.2) is 54.6 Å². The number of fused-ring (bicyclic) bond motifs is 1. The number of nitrogens with zero attached hydrogens (tertiary/aromatic N) is 2. The molecule has 1 N–H and O–H groups in total. The number of hydrogen-bond donors (Lipinski definition) is 1. The first-order chi connectivity index (χ1) is 14.2. The van der Waals surface area contributed by atoms with Gasteiger partial charge in [0.2, 0.25) is 5.91 Å². The van der Waals surface area contributed by atoms with Gasteiger partial charge in [0.05, 0.1) is 6.54 Å². The molecule has 0 aliphatic carbocycles. The highest BCUT2D eigenvalue weighted by Crippen LogP contribution is 2.24. The summed E-state index contributed by atoms with van der Waals surface area (Å²) < 4.78 is 6.01. The second kappa shape index (κ2) is 9.42. The number of para-hydroxylation sites is 1. The molecule has 0 bridgehead atoms. The fraction of sp³-hybridized carbons (Fsp3) is 0.458. The highest BCUT2D eigenvalue weighted by atomic mass is 16.5. The Morgan fingerprint density at radius 2 is 1.86 bits per heavy atom. The Morgan fingerprint density at radius 3 is 2.72 bits per heavy atom. The van der Waals surface area contributed by atoms with E-state index < -0.39 is 0 Å². The average Bonchev–Trinajstić information content (AvgIpc) is 2.86. The van der Waals surface area contributed by atoms with Crippen LogP contribution in [0.4, 0.5) is 0 Å². The van der Waals surface area contributed by atoms with Crippen molar-refractivity contribution >= 4 is 5.91 Å². The van der Waals surface area contributed by atoms with Crippen LogP contribution in [0.5, 0.6) is 5.75 Å². The molecule has 1 saturated heterocycles. The van der Waals surface area contributed by atoms with E-state index in [1.165, 1.54) is 5.56 Å².